The predicted octanol–water partition coefficient (Wildman–Crippen LogP) is 11.8. The highest BCUT2D eigenvalue weighted by Gasteiger charge is 2.36. The van der Waals surface area contributed by atoms with Gasteiger partial charge in [0, 0.05) is 11.8 Å². The van der Waals surface area contributed by atoms with Gasteiger partial charge in [-0.3, -0.25) is 4.79 Å². The fourth-order valence-corrected chi connectivity index (χ4v) is 7.03. The van der Waals surface area contributed by atoms with Crippen molar-refractivity contribution in [1.82, 2.24) is 0 Å². The first-order valence-electron chi connectivity index (χ1n) is 19.2. The second-order valence-electron chi connectivity index (χ2n) is 13.8. The van der Waals surface area contributed by atoms with Crippen LogP contribution in [0, 0.1) is 13.8 Å². The highest BCUT2D eigenvalue weighted by atomic mass is 16.5. The van der Waals surface area contributed by atoms with Gasteiger partial charge in [-0.05, 0) is 110 Å². The second kappa shape index (κ2) is 20.3. The Labute approximate surface area is 291 Å². The van der Waals surface area contributed by atoms with E-state index in [0.717, 1.165) is 88.1 Å². The van der Waals surface area contributed by atoms with Crippen LogP contribution in [0.5, 0.6) is 11.5 Å². The third kappa shape index (κ3) is 10.4. The number of fused-ring (bicyclic) bond motifs is 6. The number of hydrogen-bond acceptors (Lipinski definition) is 5. The van der Waals surface area contributed by atoms with Gasteiger partial charge in [0.15, 0.2) is 11.5 Å². The SMILES string of the molecule is CCCCCOC1=CC2c3cc(OCCCCC)c(OCCCCC)cc3-c3cc(C)c(C)cc3C2C=C1CCCCCCCOC=O. The minimum absolute atomic E-state index is 0.171. The van der Waals surface area contributed by atoms with Crippen molar-refractivity contribution in [2.24, 2.45) is 0 Å². The van der Waals surface area contributed by atoms with Gasteiger partial charge in [0.2, 0.25) is 0 Å². The number of aryl methyl sites for hydroxylation is 2. The summed E-state index contributed by atoms with van der Waals surface area (Å²) in [5.41, 5.74) is 9.29. The number of ether oxygens (including phenoxy) is 4. The van der Waals surface area contributed by atoms with Gasteiger partial charge in [-0.25, -0.2) is 0 Å². The minimum atomic E-state index is 0.171. The average molecular weight is 659 g/mol. The molecule has 0 N–H and O–H groups in total. The van der Waals surface area contributed by atoms with E-state index in [1.807, 2.05) is 0 Å². The zero-order chi connectivity index (χ0) is 34.1. The van der Waals surface area contributed by atoms with Crippen LogP contribution in [0.1, 0.15) is 151 Å². The summed E-state index contributed by atoms with van der Waals surface area (Å²) in [6.45, 7) is 14.4. The topological polar surface area (TPSA) is 54.0 Å². The normalized spacial score (nSPS) is 16.3. The van der Waals surface area contributed by atoms with Gasteiger partial charge in [-0.15, -0.1) is 0 Å². The van der Waals surface area contributed by atoms with Crippen molar-refractivity contribution in [2.75, 3.05) is 26.4 Å². The van der Waals surface area contributed by atoms with Crippen molar-refractivity contribution in [3.05, 3.63) is 70.0 Å². The molecule has 5 nitrogen and oxygen atoms in total. The van der Waals surface area contributed by atoms with E-state index in [4.69, 9.17) is 18.9 Å². The lowest BCUT2D eigenvalue weighted by atomic mass is 9.68. The molecular formula is C43H62O5. The molecule has 0 aromatic heterocycles. The number of hydrogen-bond donors (Lipinski definition) is 0. The quantitative estimate of drug-likeness (QED) is 0.0830. The van der Waals surface area contributed by atoms with E-state index in [1.165, 1.54) is 71.1 Å². The lowest BCUT2D eigenvalue weighted by Crippen LogP contribution is -2.21. The third-order valence-corrected chi connectivity index (χ3v) is 10.00. The molecule has 2 aliphatic carbocycles. The van der Waals surface area contributed by atoms with Crippen molar-refractivity contribution in [1.29, 1.82) is 0 Å². The monoisotopic (exact) mass is 658 g/mol. The maximum atomic E-state index is 10.4. The standard InChI is InChI=1S/C43H62O5/c1-6-9-16-22-46-41-28-38-37(27-34(41)20-15-13-12-14-19-21-45-31-44)35-25-32(4)33(5)26-36(35)39-29-42(47-23-17-10-7-2)43(30-40(38)39)48-24-18-11-8-3/h25-31,37-38H,6-24H2,1-5H3. The summed E-state index contributed by atoms with van der Waals surface area (Å²) < 4.78 is 24.5. The first-order chi connectivity index (χ1) is 23.5. The average Bonchev–Trinajstić information content (AvgIpc) is 3.09. The van der Waals surface area contributed by atoms with Crippen LogP contribution in [-0.2, 0) is 14.3 Å². The van der Waals surface area contributed by atoms with Gasteiger partial charge in [-0.1, -0.05) is 96.8 Å². The molecule has 2 atom stereocenters. The number of allylic oxidation sites excluding steroid dienone is 3. The maximum Gasteiger partial charge on any atom is 0.293 e. The summed E-state index contributed by atoms with van der Waals surface area (Å²) in [6.07, 6.45) is 21.6. The Morgan fingerprint density at radius 1 is 0.562 bits per heavy atom. The molecule has 48 heavy (non-hydrogen) atoms. The molecule has 2 aliphatic rings. The summed E-state index contributed by atoms with van der Waals surface area (Å²) in [5, 5.41) is 0. The summed E-state index contributed by atoms with van der Waals surface area (Å²) >= 11 is 0. The molecule has 2 aromatic carbocycles. The van der Waals surface area contributed by atoms with E-state index in [-0.39, 0.29) is 11.8 Å². The number of carbonyl (C=O) groups is 1. The summed E-state index contributed by atoms with van der Waals surface area (Å²) in [5.74, 6) is 3.22. The van der Waals surface area contributed by atoms with Crippen LogP contribution in [0.4, 0.5) is 0 Å². The Bertz CT molecular complexity index is 1360. The number of unbranched alkanes of at least 4 members (excludes halogenated alkanes) is 10. The molecule has 0 saturated heterocycles. The molecule has 5 heteroatoms. The van der Waals surface area contributed by atoms with Gasteiger partial charge in [-0.2, -0.15) is 0 Å². The molecule has 0 aliphatic heterocycles. The van der Waals surface area contributed by atoms with Gasteiger partial charge >= 0.3 is 0 Å². The highest BCUT2D eigenvalue weighted by molar-refractivity contribution is 5.80. The lowest BCUT2D eigenvalue weighted by molar-refractivity contribution is -0.128. The smallest absolute Gasteiger partial charge is 0.293 e. The Balaban J connectivity index is 1.69. The zero-order valence-corrected chi connectivity index (χ0v) is 30.7. The van der Waals surface area contributed by atoms with Crippen LogP contribution in [0.3, 0.4) is 0 Å². The first kappa shape index (κ1) is 37.6. The largest absolute Gasteiger partial charge is 0.494 e. The van der Waals surface area contributed by atoms with Crippen LogP contribution in [0.15, 0.2) is 47.7 Å². The van der Waals surface area contributed by atoms with Gasteiger partial charge < -0.3 is 18.9 Å². The minimum Gasteiger partial charge on any atom is -0.494 e. The zero-order valence-electron chi connectivity index (χ0n) is 30.7. The van der Waals surface area contributed by atoms with E-state index in [9.17, 15) is 4.79 Å². The molecule has 0 amide bonds. The van der Waals surface area contributed by atoms with E-state index in [0.29, 0.717) is 26.3 Å². The number of rotatable bonds is 24. The van der Waals surface area contributed by atoms with Crippen LogP contribution in [0.2, 0.25) is 0 Å². The number of carbonyl (C=O) groups excluding carboxylic acids is 1. The van der Waals surface area contributed by atoms with Gasteiger partial charge in [0.25, 0.3) is 6.47 Å². The summed E-state index contributed by atoms with van der Waals surface area (Å²) in [7, 11) is 0. The predicted molar refractivity (Wildman–Crippen MR) is 198 cm³/mol. The van der Waals surface area contributed by atoms with E-state index in [1.54, 1.807) is 0 Å². The van der Waals surface area contributed by atoms with Crippen LogP contribution in [-0.4, -0.2) is 32.9 Å². The van der Waals surface area contributed by atoms with Gasteiger partial charge in [0.1, 0.15) is 5.76 Å². The Morgan fingerprint density at radius 3 is 1.75 bits per heavy atom. The molecule has 0 fully saturated rings. The number of benzene rings is 2. The van der Waals surface area contributed by atoms with Crippen LogP contribution < -0.4 is 9.47 Å². The van der Waals surface area contributed by atoms with E-state index >= 15 is 0 Å². The Morgan fingerprint density at radius 2 is 1.08 bits per heavy atom. The molecule has 2 unspecified atom stereocenters. The molecular weight excluding hydrogens is 596 g/mol. The van der Waals surface area contributed by atoms with Crippen LogP contribution >= 0.6 is 0 Å². The van der Waals surface area contributed by atoms with Crippen molar-refractivity contribution in [2.45, 2.75) is 143 Å². The fourth-order valence-electron chi connectivity index (χ4n) is 7.03. The molecule has 0 heterocycles. The molecule has 0 bridgehead atoms. The summed E-state index contributed by atoms with van der Waals surface area (Å²) in [4.78, 5) is 10.4. The van der Waals surface area contributed by atoms with Crippen molar-refractivity contribution in [3.63, 3.8) is 0 Å². The molecule has 0 radical (unpaired) electrons. The van der Waals surface area contributed by atoms with Crippen molar-refractivity contribution < 1.29 is 23.7 Å². The first-order valence-corrected chi connectivity index (χ1v) is 19.2. The second-order valence-corrected chi connectivity index (χ2v) is 13.8. The van der Waals surface area contributed by atoms with Crippen molar-refractivity contribution >= 4 is 6.47 Å². The van der Waals surface area contributed by atoms with Gasteiger partial charge in [0.05, 0.1) is 26.4 Å². The highest BCUT2D eigenvalue weighted by Crippen LogP contribution is 2.54. The molecule has 0 spiro atoms. The van der Waals surface area contributed by atoms with E-state index in [2.05, 4.69) is 71.0 Å². The van der Waals surface area contributed by atoms with Crippen LogP contribution in [0.25, 0.3) is 11.1 Å². The Hall–Kier alpha value is -3.21. The molecule has 264 valence electrons. The lowest BCUT2D eigenvalue weighted by Gasteiger charge is -2.37. The molecule has 0 saturated carbocycles. The molecule has 4 rings (SSSR count). The van der Waals surface area contributed by atoms with E-state index < -0.39 is 0 Å². The van der Waals surface area contributed by atoms with Crippen molar-refractivity contribution in [3.8, 4) is 22.6 Å². The Kier molecular flexibility index (Phi) is 15.9. The third-order valence-electron chi connectivity index (χ3n) is 10.00. The molecule has 2 aromatic rings. The fraction of sp³-hybridized carbons (Fsp3) is 0.605. The maximum absolute atomic E-state index is 10.4. The summed E-state index contributed by atoms with van der Waals surface area (Å²) in [6, 6.07) is 9.39.